The number of nitrogens with one attached hydrogen (secondary N) is 1. The van der Waals surface area contributed by atoms with E-state index >= 15 is 0 Å². The molecule has 1 aromatic rings. The maximum Gasteiger partial charge on any atom is 0.238 e. The number of likely N-dealkylation sites (tertiary alicyclic amines) is 1. The minimum Gasteiger partial charge on any atom is -0.495 e. The van der Waals surface area contributed by atoms with Crippen molar-refractivity contribution < 1.29 is 9.53 Å². The Bertz CT molecular complexity index is 468. The van der Waals surface area contributed by atoms with Crippen molar-refractivity contribution in [2.45, 2.75) is 12.8 Å². The summed E-state index contributed by atoms with van der Waals surface area (Å²) in [6.45, 7) is 4.74. The number of amides is 1. The number of methoxy groups -OCH3 is 1. The first-order valence-electron chi connectivity index (χ1n) is 7.53. The zero-order chi connectivity index (χ0) is 15.1. The quantitative estimate of drug-likeness (QED) is 0.808. The molecule has 1 aliphatic rings. The van der Waals surface area contributed by atoms with E-state index in [2.05, 4.69) is 15.1 Å². The van der Waals surface area contributed by atoms with Gasteiger partial charge in [0.25, 0.3) is 0 Å². The Kier molecular flexibility index (Phi) is 11.0. The van der Waals surface area contributed by atoms with Gasteiger partial charge in [0.15, 0.2) is 0 Å². The Morgan fingerprint density at radius 1 is 1.26 bits per heavy atom. The molecule has 2 rings (SSSR count). The zero-order valence-electron chi connectivity index (χ0n) is 13.8. The Morgan fingerprint density at radius 2 is 1.91 bits per heavy atom. The molecule has 1 aromatic carbocycles. The summed E-state index contributed by atoms with van der Waals surface area (Å²) in [6, 6.07) is 7.46. The molecule has 0 atom stereocenters. The summed E-state index contributed by atoms with van der Waals surface area (Å²) in [7, 11) is 3.59. The lowest BCUT2D eigenvalue weighted by atomic mass is 10.3. The van der Waals surface area contributed by atoms with E-state index in [1.807, 2.05) is 31.3 Å². The summed E-state index contributed by atoms with van der Waals surface area (Å²) in [5.74, 6) is 0.675. The minimum atomic E-state index is -0.0107. The van der Waals surface area contributed by atoms with Crippen LogP contribution in [0.25, 0.3) is 0 Å². The van der Waals surface area contributed by atoms with Crippen LogP contribution in [0.2, 0.25) is 0 Å². The van der Waals surface area contributed by atoms with Crippen LogP contribution in [0, 0.1) is 0 Å². The predicted octanol–water partition coefficient (Wildman–Crippen LogP) is 2.50. The third-order valence-corrected chi connectivity index (χ3v) is 3.79. The molecule has 1 aliphatic heterocycles. The number of benzene rings is 1. The van der Waals surface area contributed by atoms with E-state index in [9.17, 15) is 4.79 Å². The molecule has 0 spiro atoms. The molecule has 1 fully saturated rings. The van der Waals surface area contributed by atoms with Gasteiger partial charge in [0.05, 0.1) is 19.3 Å². The molecule has 0 aromatic heterocycles. The summed E-state index contributed by atoms with van der Waals surface area (Å²) in [4.78, 5) is 16.6. The fraction of sp³-hybridized carbons (Fsp3) is 0.562. The van der Waals surface area contributed by atoms with E-state index in [4.69, 9.17) is 4.74 Å². The molecule has 1 heterocycles. The van der Waals surface area contributed by atoms with E-state index in [0.717, 1.165) is 18.8 Å². The second-order valence-corrected chi connectivity index (χ2v) is 5.53. The average Bonchev–Trinajstić information content (AvgIpc) is 2.99. The second kappa shape index (κ2) is 11.5. The van der Waals surface area contributed by atoms with Crippen molar-refractivity contribution in [2.24, 2.45) is 0 Å². The number of para-hydroxylation sites is 2. The highest BCUT2D eigenvalue weighted by atomic mass is 35.5. The highest BCUT2D eigenvalue weighted by molar-refractivity contribution is 5.93. The van der Waals surface area contributed by atoms with E-state index in [1.165, 1.54) is 25.9 Å². The fourth-order valence-electron chi connectivity index (χ4n) is 2.58. The fourth-order valence-corrected chi connectivity index (χ4v) is 2.58. The van der Waals surface area contributed by atoms with Gasteiger partial charge in [0.1, 0.15) is 5.75 Å². The molecule has 0 radical (unpaired) electrons. The minimum absolute atomic E-state index is 0. The van der Waals surface area contributed by atoms with Crippen molar-refractivity contribution in [3.05, 3.63) is 24.3 Å². The number of hydrogen-bond acceptors (Lipinski definition) is 4. The van der Waals surface area contributed by atoms with Gasteiger partial charge in [0.2, 0.25) is 5.91 Å². The maximum atomic E-state index is 12.1. The lowest BCUT2D eigenvalue weighted by molar-refractivity contribution is -0.117. The van der Waals surface area contributed by atoms with Crippen LogP contribution < -0.4 is 10.1 Å². The number of carbonyl (C=O) groups excluding carboxylic acids is 1. The largest absolute Gasteiger partial charge is 0.495 e. The predicted molar refractivity (Wildman–Crippen MR) is 99.3 cm³/mol. The van der Waals surface area contributed by atoms with Crippen molar-refractivity contribution in [1.29, 1.82) is 0 Å². The number of anilines is 1. The molecule has 1 saturated heterocycles. The molecule has 0 bridgehead atoms. The number of nitrogens with zero attached hydrogens (tertiary/aromatic N) is 2. The lowest BCUT2D eigenvalue weighted by Gasteiger charge is -2.21. The van der Waals surface area contributed by atoms with Crippen molar-refractivity contribution in [3.63, 3.8) is 0 Å². The molecule has 1 N–H and O–H groups in total. The van der Waals surface area contributed by atoms with Gasteiger partial charge in [-0.1, -0.05) is 12.1 Å². The molecule has 5 nitrogen and oxygen atoms in total. The summed E-state index contributed by atoms with van der Waals surface area (Å²) in [5.41, 5.74) is 0.720. The molecule has 0 unspecified atom stereocenters. The van der Waals surface area contributed by atoms with Crippen LogP contribution in [0.5, 0.6) is 5.75 Å². The third-order valence-electron chi connectivity index (χ3n) is 3.79. The van der Waals surface area contributed by atoms with Gasteiger partial charge in [-0.3, -0.25) is 9.69 Å². The van der Waals surface area contributed by atoms with Crippen molar-refractivity contribution in [3.8, 4) is 5.75 Å². The summed E-state index contributed by atoms with van der Waals surface area (Å²) >= 11 is 0. The van der Waals surface area contributed by atoms with Crippen LogP contribution in [0.15, 0.2) is 24.3 Å². The van der Waals surface area contributed by atoms with E-state index < -0.39 is 0 Å². The molecule has 0 saturated carbocycles. The van der Waals surface area contributed by atoms with Crippen LogP contribution in [0.3, 0.4) is 0 Å². The third kappa shape index (κ3) is 7.40. The normalized spacial score (nSPS) is 14.0. The number of ether oxygens (including phenoxy) is 1. The van der Waals surface area contributed by atoms with Crippen molar-refractivity contribution in [1.82, 2.24) is 9.80 Å². The molecule has 23 heavy (non-hydrogen) atoms. The number of halogens is 2. The molecule has 132 valence electrons. The standard InChI is InChI=1S/C16H25N3O2.2ClH/c1-18(11-12-19-9-5-6-10-19)13-16(20)17-14-7-3-4-8-15(14)21-2;;/h3-4,7-8H,5-6,9-13H2,1-2H3,(H,17,20);2*1H. The van der Waals surface area contributed by atoms with Gasteiger partial charge in [-0.25, -0.2) is 0 Å². The summed E-state index contributed by atoms with van der Waals surface area (Å²) in [6.07, 6.45) is 2.61. The average molecular weight is 364 g/mol. The second-order valence-electron chi connectivity index (χ2n) is 5.53. The zero-order valence-corrected chi connectivity index (χ0v) is 15.4. The molecular weight excluding hydrogens is 337 g/mol. The first-order valence-corrected chi connectivity index (χ1v) is 7.53. The monoisotopic (exact) mass is 363 g/mol. The van der Waals surface area contributed by atoms with Gasteiger partial charge in [-0.05, 0) is 45.1 Å². The summed E-state index contributed by atoms with van der Waals surface area (Å²) < 4.78 is 5.23. The van der Waals surface area contributed by atoms with Gasteiger partial charge >= 0.3 is 0 Å². The van der Waals surface area contributed by atoms with Crippen LogP contribution in [0.1, 0.15) is 12.8 Å². The van der Waals surface area contributed by atoms with Crippen molar-refractivity contribution in [2.75, 3.05) is 52.2 Å². The van der Waals surface area contributed by atoms with Crippen LogP contribution >= 0.6 is 24.8 Å². The van der Waals surface area contributed by atoms with Gasteiger partial charge in [0, 0.05) is 13.1 Å². The Balaban J connectivity index is 0.00000242. The SMILES string of the molecule is COc1ccccc1NC(=O)CN(C)CCN1CCCC1.Cl.Cl. The number of likely N-dealkylation sites (N-methyl/N-ethyl adjacent to an activating group) is 1. The van der Waals surface area contributed by atoms with Crippen LogP contribution in [0.4, 0.5) is 5.69 Å². The highest BCUT2D eigenvalue weighted by Gasteiger charge is 2.13. The van der Waals surface area contributed by atoms with E-state index in [-0.39, 0.29) is 30.7 Å². The first kappa shape index (κ1) is 22.0. The Labute approximate surface area is 151 Å². The Morgan fingerprint density at radius 3 is 2.57 bits per heavy atom. The smallest absolute Gasteiger partial charge is 0.238 e. The van der Waals surface area contributed by atoms with E-state index in [0.29, 0.717) is 12.3 Å². The van der Waals surface area contributed by atoms with Gasteiger partial charge in [-0.2, -0.15) is 0 Å². The van der Waals surface area contributed by atoms with Crippen LogP contribution in [-0.2, 0) is 4.79 Å². The number of carbonyl (C=O) groups is 1. The van der Waals surface area contributed by atoms with Gasteiger partial charge in [-0.15, -0.1) is 24.8 Å². The first-order chi connectivity index (χ1) is 10.2. The maximum absolute atomic E-state index is 12.1. The molecular formula is C16H27Cl2N3O2. The Hall–Kier alpha value is -1.01. The molecule has 1 amide bonds. The number of hydrogen-bond donors (Lipinski definition) is 1. The van der Waals surface area contributed by atoms with Crippen molar-refractivity contribution >= 4 is 36.4 Å². The van der Waals surface area contributed by atoms with Crippen LogP contribution in [-0.4, -0.2) is 62.6 Å². The molecule has 0 aliphatic carbocycles. The number of rotatable bonds is 7. The molecule has 7 heteroatoms. The highest BCUT2D eigenvalue weighted by Crippen LogP contribution is 2.22. The van der Waals surface area contributed by atoms with E-state index in [1.54, 1.807) is 7.11 Å². The topological polar surface area (TPSA) is 44.8 Å². The summed E-state index contributed by atoms with van der Waals surface area (Å²) in [5, 5.41) is 2.90. The lowest BCUT2D eigenvalue weighted by Crippen LogP contribution is -2.36. The van der Waals surface area contributed by atoms with Gasteiger partial charge < -0.3 is 15.0 Å².